The van der Waals surface area contributed by atoms with E-state index in [2.05, 4.69) is 5.32 Å². The molecule has 0 aliphatic carbocycles. The van der Waals surface area contributed by atoms with Crippen molar-refractivity contribution in [2.24, 2.45) is 0 Å². The van der Waals surface area contributed by atoms with E-state index in [9.17, 15) is 19.1 Å². The molecule has 0 bridgehead atoms. The molecular weight excluding hydrogens is 356 g/mol. The fraction of sp³-hybridized carbons (Fsp3) is 0.176. The van der Waals surface area contributed by atoms with Crippen molar-refractivity contribution in [1.29, 1.82) is 0 Å². The average molecular weight is 369 g/mol. The fourth-order valence-electron chi connectivity index (χ4n) is 2.35. The van der Waals surface area contributed by atoms with Gasteiger partial charge in [-0.2, -0.15) is 0 Å². The van der Waals surface area contributed by atoms with Crippen molar-refractivity contribution in [3.8, 4) is 0 Å². The molecule has 0 aromatic heterocycles. The van der Waals surface area contributed by atoms with E-state index in [0.717, 1.165) is 0 Å². The van der Waals surface area contributed by atoms with Gasteiger partial charge < -0.3 is 15.2 Å². The molecule has 0 radical (unpaired) electrons. The highest BCUT2D eigenvalue weighted by Gasteiger charge is 2.21. The quantitative estimate of drug-likeness (QED) is 0.849. The minimum absolute atomic E-state index is 0.158. The van der Waals surface area contributed by atoms with Crippen LogP contribution >= 0.6 is 23.2 Å². The van der Waals surface area contributed by atoms with Gasteiger partial charge in [0.05, 0.1) is 0 Å². The molecule has 1 amide bonds. The second-order valence-corrected chi connectivity index (χ2v) is 5.98. The number of halogens is 3. The number of carboxylic acids is 1. The molecule has 2 aromatic rings. The molecule has 4 nitrogen and oxygen atoms in total. The molecule has 1 atom stereocenters. The molecule has 0 fully saturated rings. The summed E-state index contributed by atoms with van der Waals surface area (Å²) in [6.45, 7) is 0. The summed E-state index contributed by atoms with van der Waals surface area (Å²) in [5.74, 6) is -2.92. The topological polar surface area (TPSA) is 69.2 Å². The Bertz CT molecular complexity index is 730. The first kappa shape index (κ1) is 18.2. The van der Waals surface area contributed by atoms with Crippen LogP contribution in [0, 0.1) is 5.82 Å². The van der Waals surface area contributed by atoms with Gasteiger partial charge in [0.2, 0.25) is 5.91 Å². The predicted octanol–water partition coefficient (Wildman–Crippen LogP) is 3.38. The Hall–Kier alpha value is -2.11. The van der Waals surface area contributed by atoms with Crippen molar-refractivity contribution in [3.05, 3.63) is 63.9 Å². The largest absolute Gasteiger partial charge is 0.550 e. The van der Waals surface area contributed by atoms with Crippen LogP contribution in [-0.2, 0) is 9.59 Å². The van der Waals surface area contributed by atoms with E-state index < -0.39 is 30.0 Å². The lowest BCUT2D eigenvalue weighted by Gasteiger charge is -2.20. The summed E-state index contributed by atoms with van der Waals surface area (Å²) in [7, 11) is 0. The zero-order chi connectivity index (χ0) is 17.7. The maximum Gasteiger partial charge on any atom is 0.224 e. The number of nitrogens with one attached hydrogen (secondary N) is 1. The lowest BCUT2D eigenvalue weighted by atomic mass is 9.92. The Morgan fingerprint density at radius 3 is 2.17 bits per heavy atom. The molecule has 0 saturated carbocycles. The van der Waals surface area contributed by atoms with Crippen molar-refractivity contribution >= 4 is 40.8 Å². The summed E-state index contributed by atoms with van der Waals surface area (Å²) in [6.07, 6.45) is -0.560. The van der Waals surface area contributed by atoms with Crippen LogP contribution in [0.3, 0.4) is 0 Å². The summed E-state index contributed by atoms with van der Waals surface area (Å²) in [4.78, 5) is 23.2. The zero-order valence-corrected chi connectivity index (χ0v) is 13.9. The molecule has 2 rings (SSSR count). The molecular formula is C17H13Cl2FNO3-. The normalized spacial score (nSPS) is 11.8. The van der Waals surface area contributed by atoms with Gasteiger partial charge in [-0.3, -0.25) is 4.79 Å². The number of hydrogen-bond acceptors (Lipinski definition) is 3. The summed E-state index contributed by atoms with van der Waals surface area (Å²) < 4.78 is 12.9. The number of anilines is 1. The van der Waals surface area contributed by atoms with Gasteiger partial charge >= 0.3 is 0 Å². The summed E-state index contributed by atoms with van der Waals surface area (Å²) >= 11 is 12.2. The summed E-state index contributed by atoms with van der Waals surface area (Å²) in [5.41, 5.74) is 0.790. The molecule has 7 heteroatoms. The summed E-state index contributed by atoms with van der Waals surface area (Å²) in [6, 6.07) is 10.0. The first-order valence-electron chi connectivity index (χ1n) is 7.06. The standard InChI is InChI=1S/C17H14Cl2FNO3/c18-13-2-1-3-14(19)17(13)10(9-16(23)24)8-15(22)21-12-6-4-11(20)5-7-12/h1-7,10H,8-9H2,(H,21,22)(H,23,24)/p-1/t10-/m0/s1. The van der Waals surface area contributed by atoms with Crippen LogP contribution in [0.4, 0.5) is 10.1 Å². The van der Waals surface area contributed by atoms with Gasteiger partial charge in [-0.05, 0) is 48.4 Å². The minimum atomic E-state index is -1.31. The van der Waals surface area contributed by atoms with Gasteiger partial charge in [0.15, 0.2) is 0 Å². The van der Waals surface area contributed by atoms with Gasteiger partial charge in [0.25, 0.3) is 0 Å². The molecule has 0 unspecified atom stereocenters. The lowest BCUT2D eigenvalue weighted by molar-refractivity contribution is -0.306. The van der Waals surface area contributed by atoms with Gasteiger partial charge in [0, 0.05) is 34.0 Å². The number of aliphatic carboxylic acids is 1. The average Bonchev–Trinajstić information content (AvgIpc) is 2.48. The zero-order valence-electron chi connectivity index (χ0n) is 12.4. The number of rotatable bonds is 6. The van der Waals surface area contributed by atoms with Gasteiger partial charge in [-0.1, -0.05) is 29.3 Å². The van der Waals surface area contributed by atoms with Crippen LogP contribution in [0.15, 0.2) is 42.5 Å². The first-order chi connectivity index (χ1) is 11.4. The number of hydrogen-bond donors (Lipinski definition) is 1. The molecule has 0 saturated heterocycles. The van der Waals surface area contributed by atoms with E-state index in [-0.39, 0.29) is 16.5 Å². The van der Waals surface area contributed by atoms with E-state index in [1.165, 1.54) is 24.3 Å². The Kier molecular flexibility index (Phi) is 6.17. The molecule has 0 aliphatic rings. The van der Waals surface area contributed by atoms with Gasteiger partial charge in [0.1, 0.15) is 5.82 Å². The van der Waals surface area contributed by atoms with Crippen LogP contribution in [0.1, 0.15) is 24.3 Å². The third kappa shape index (κ3) is 4.94. The molecule has 1 N–H and O–H groups in total. The van der Waals surface area contributed by atoms with Gasteiger partial charge in [-0.25, -0.2) is 4.39 Å². The number of amides is 1. The Balaban J connectivity index is 2.18. The Morgan fingerprint density at radius 1 is 1.04 bits per heavy atom. The fourth-order valence-corrected chi connectivity index (χ4v) is 3.05. The number of benzene rings is 2. The Labute approximate surface area is 148 Å². The summed E-state index contributed by atoms with van der Waals surface area (Å²) in [5, 5.41) is 14.2. The van der Waals surface area contributed by atoms with Crippen molar-refractivity contribution in [2.45, 2.75) is 18.8 Å². The van der Waals surface area contributed by atoms with Crippen LogP contribution in [0.25, 0.3) is 0 Å². The predicted molar refractivity (Wildman–Crippen MR) is 88.5 cm³/mol. The number of carboxylic acid groups (broad SMARTS) is 1. The minimum Gasteiger partial charge on any atom is -0.550 e. The smallest absolute Gasteiger partial charge is 0.224 e. The van der Waals surface area contributed by atoms with Crippen molar-refractivity contribution in [3.63, 3.8) is 0 Å². The second-order valence-electron chi connectivity index (χ2n) is 5.17. The first-order valence-corrected chi connectivity index (χ1v) is 7.81. The third-order valence-corrected chi connectivity index (χ3v) is 4.04. The monoisotopic (exact) mass is 368 g/mol. The van der Waals surface area contributed by atoms with E-state index in [1.807, 2.05) is 0 Å². The molecule has 126 valence electrons. The van der Waals surface area contributed by atoms with Crippen LogP contribution in [-0.4, -0.2) is 11.9 Å². The van der Waals surface area contributed by atoms with Crippen molar-refractivity contribution < 1.29 is 19.1 Å². The number of carbonyl (C=O) groups is 2. The maximum atomic E-state index is 12.9. The highest BCUT2D eigenvalue weighted by Crippen LogP contribution is 2.35. The van der Waals surface area contributed by atoms with Crippen LogP contribution in [0.2, 0.25) is 10.0 Å². The molecule has 2 aromatic carbocycles. The van der Waals surface area contributed by atoms with E-state index in [1.54, 1.807) is 18.2 Å². The van der Waals surface area contributed by atoms with Crippen molar-refractivity contribution in [2.75, 3.05) is 5.32 Å². The highest BCUT2D eigenvalue weighted by atomic mass is 35.5. The Morgan fingerprint density at radius 2 is 1.62 bits per heavy atom. The van der Waals surface area contributed by atoms with Crippen LogP contribution < -0.4 is 10.4 Å². The van der Waals surface area contributed by atoms with E-state index >= 15 is 0 Å². The number of carbonyl (C=O) groups excluding carboxylic acids is 2. The van der Waals surface area contributed by atoms with E-state index in [4.69, 9.17) is 23.2 Å². The SMILES string of the molecule is O=C([O-])C[C@H](CC(=O)Nc1ccc(F)cc1)c1c(Cl)cccc1Cl. The molecule has 0 aliphatic heterocycles. The molecule has 24 heavy (non-hydrogen) atoms. The third-order valence-electron chi connectivity index (χ3n) is 3.38. The van der Waals surface area contributed by atoms with Crippen molar-refractivity contribution in [1.82, 2.24) is 0 Å². The maximum absolute atomic E-state index is 12.9. The second kappa shape index (κ2) is 8.13. The molecule has 0 heterocycles. The molecule has 0 spiro atoms. The lowest BCUT2D eigenvalue weighted by Crippen LogP contribution is -2.26. The highest BCUT2D eigenvalue weighted by molar-refractivity contribution is 6.36. The van der Waals surface area contributed by atoms with E-state index in [0.29, 0.717) is 11.3 Å². The van der Waals surface area contributed by atoms with Crippen LogP contribution in [0.5, 0.6) is 0 Å². The van der Waals surface area contributed by atoms with Gasteiger partial charge in [-0.15, -0.1) is 0 Å².